The number of rotatable bonds is 8. The van der Waals surface area contributed by atoms with Gasteiger partial charge in [-0.05, 0) is 25.9 Å². The number of nitrogens with one attached hydrogen (secondary N) is 1. The lowest BCUT2D eigenvalue weighted by atomic mass is 10.0. The van der Waals surface area contributed by atoms with Crippen LogP contribution in [-0.2, 0) is 0 Å². The van der Waals surface area contributed by atoms with Crippen molar-refractivity contribution in [1.82, 2.24) is 10.2 Å². The Kier molecular flexibility index (Phi) is 7.81. The molecule has 0 rings (SSSR count). The molecular formula is C12H26N2. The lowest BCUT2D eigenvalue weighted by molar-refractivity contribution is 0.170. The lowest BCUT2D eigenvalue weighted by Crippen LogP contribution is -2.45. The summed E-state index contributed by atoms with van der Waals surface area (Å²) in [5.41, 5.74) is 0. The maximum Gasteiger partial charge on any atom is 0.0246 e. The van der Waals surface area contributed by atoms with Crippen LogP contribution < -0.4 is 5.32 Å². The van der Waals surface area contributed by atoms with Crippen LogP contribution in [0.25, 0.3) is 0 Å². The molecule has 14 heavy (non-hydrogen) atoms. The van der Waals surface area contributed by atoms with Gasteiger partial charge >= 0.3 is 0 Å². The van der Waals surface area contributed by atoms with E-state index in [1.807, 2.05) is 13.1 Å². The van der Waals surface area contributed by atoms with E-state index >= 15 is 0 Å². The van der Waals surface area contributed by atoms with E-state index in [0.717, 1.165) is 19.6 Å². The average Bonchev–Trinajstić information content (AvgIpc) is 2.13. The summed E-state index contributed by atoms with van der Waals surface area (Å²) in [4.78, 5) is 2.51. The van der Waals surface area contributed by atoms with Crippen molar-refractivity contribution in [2.24, 2.45) is 5.92 Å². The molecule has 0 radical (unpaired) electrons. The molecule has 84 valence electrons. The highest BCUT2D eigenvalue weighted by Gasteiger charge is 2.18. The van der Waals surface area contributed by atoms with Crippen molar-refractivity contribution in [3.8, 4) is 0 Å². The first kappa shape index (κ1) is 13.7. The largest absolute Gasteiger partial charge is 0.318 e. The van der Waals surface area contributed by atoms with Gasteiger partial charge < -0.3 is 5.32 Å². The van der Waals surface area contributed by atoms with E-state index in [0.29, 0.717) is 12.0 Å². The molecule has 0 aliphatic heterocycles. The Balaban J connectivity index is 4.28. The molecule has 1 unspecified atom stereocenters. The highest BCUT2D eigenvalue weighted by atomic mass is 15.2. The van der Waals surface area contributed by atoms with Gasteiger partial charge in [-0.1, -0.05) is 26.8 Å². The third-order valence-electron chi connectivity index (χ3n) is 2.53. The van der Waals surface area contributed by atoms with E-state index in [9.17, 15) is 0 Å². The van der Waals surface area contributed by atoms with Crippen molar-refractivity contribution in [2.75, 3.05) is 26.7 Å². The molecule has 0 aliphatic carbocycles. The van der Waals surface area contributed by atoms with E-state index in [2.05, 4.69) is 37.6 Å². The van der Waals surface area contributed by atoms with Gasteiger partial charge in [0, 0.05) is 19.1 Å². The van der Waals surface area contributed by atoms with Gasteiger partial charge in [0.2, 0.25) is 0 Å². The first-order valence-corrected chi connectivity index (χ1v) is 5.66. The summed E-state index contributed by atoms with van der Waals surface area (Å²) in [6.45, 7) is 13.8. The highest BCUT2D eigenvalue weighted by molar-refractivity contribution is 4.82. The zero-order chi connectivity index (χ0) is 11.0. The zero-order valence-electron chi connectivity index (χ0n) is 10.2. The third-order valence-corrected chi connectivity index (χ3v) is 2.53. The summed E-state index contributed by atoms with van der Waals surface area (Å²) in [7, 11) is 2.02. The first-order chi connectivity index (χ1) is 6.67. The molecule has 0 spiro atoms. The Morgan fingerprint density at radius 3 is 2.43 bits per heavy atom. The maximum atomic E-state index is 3.82. The van der Waals surface area contributed by atoms with Crippen LogP contribution in [0.2, 0.25) is 0 Å². The minimum absolute atomic E-state index is 0.623. The number of nitrogens with zero attached hydrogens (tertiary/aromatic N) is 1. The van der Waals surface area contributed by atoms with Crippen LogP contribution >= 0.6 is 0 Å². The normalized spacial score (nSPS) is 13.6. The smallest absolute Gasteiger partial charge is 0.0246 e. The van der Waals surface area contributed by atoms with Crippen LogP contribution in [0.5, 0.6) is 0 Å². The fourth-order valence-electron chi connectivity index (χ4n) is 1.84. The van der Waals surface area contributed by atoms with Crippen molar-refractivity contribution >= 4 is 0 Å². The van der Waals surface area contributed by atoms with Crippen LogP contribution in [-0.4, -0.2) is 37.6 Å². The SMILES string of the molecule is C=CCN(CCC)C(CNC)C(C)C. The minimum Gasteiger partial charge on any atom is -0.318 e. The Hall–Kier alpha value is -0.340. The molecule has 1 N–H and O–H groups in total. The highest BCUT2D eigenvalue weighted by Crippen LogP contribution is 2.10. The van der Waals surface area contributed by atoms with Gasteiger partial charge in [-0.2, -0.15) is 0 Å². The van der Waals surface area contributed by atoms with Gasteiger partial charge in [-0.15, -0.1) is 6.58 Å². The van der Waals surface area contributed by atoms with Gasteiger partial charge in [0.05, 0.1) is 0 Å². The zero-order valence-corrected chi connectivity index (χ0v) is 10.2. The van der Waals surface area contributed by atoms with Gasteiger partial charge in [-0.3, -0.25) is 4.90 Å². The Bertz CT molecular complexity index is 143. The molecule has 0 bridgehead atoms. The molecule has 0 aromatic rings. The molecule has 0 aromatic carbocycles. The van der Waals surface area contributed by atoms with Crippen molar-refractivity contribution < 1.29 is 0 Å². The summed E-state index contributed by atoms with van der Waals surface area (Å²) in [5.74, 6) is 0.689. The lowest BCUT2D eigenvalue weighted by Gasteiger charge is -2.33. The molecular weight excluding hydrogens is 172 g/mol. The summed E-state index contributed by atoms with van der Waals surface area (Å²) in [6, 6.07) is 0.623. The molecule has 0 saturated heterocycles. The van der Waals surface area contributed by atoms with Gasteiger partial charge in [0.15, 0.2) is 0 Å². The maximum absolute atomic E-state index is 3.82. The Labute approximate surface area is 89.4 Å². The summed E-state index contributed by atoms with van der Waals surface area (Å²) < 4.78 is 0. The predicted octanol–water partition coefficient (Wildman–Crippen LogP) is 2.13. The van der Waals surface area contributed by atoms with Crippen LogP contribution in [0.15, 0.2) is 12.7 Å². The molecule has 0 saturated carbocycles. The second-order valence-corrected chi connectivity index (χ2v) is 4.15. The molecule has 0 aromatic heterocycles. The summed E-state index contributed by atoms with van der Waals surface area (Å²) >= 11 is 0. The standard InChI is InChI=1S/C12H26N2/c1-6-8-14(9-7-2)12(10-13-5)11(3)4/h6,11-13H,1,7-10H2,2-5H3. The quantitative estimate of drug-likeness (QED) is 0.601. The van der Waals surface area contributed by atoms with Gasteiger partial charge in [0.1, 0.15) is 0 Å². The Morgan fingerprint density at radius 2 is 2.07 bits per heavy atom. The van der Waals surface area contributed by atoms with E-state index in [4.69, 9.17) is 0 Å². The second kappa shape index (κ2) is 8.01. The molecule has 0 fully saturated rings. The molecule has 0 aliphatic rings. The van der Waals surface area contributed by atoms with Crippen LogP contribution in [0.1, 0.15) is 27.2 Å². The molecule has 1 atom stereocenters. The number of likely N-dealkylation sites (N-methyl/N-ethyl adjacent to an activating group) is 1. The fraction of sp³-hybridized carbons (Fsp3) is 0.833. The predicted molar refractivity (Wildman–Crippen MR) is 64.6 cm³/mol. The van der Waals surface area contributed by atoms with Crippen molar-refractivity contribution in [3.05, 3.63) is 12.7 Å². The van der Waals surface area contributed by atoms with Crippen LogP contribution in [0.4, 0.5) is 0 Å². The molecule has 0 amide bonds. The number of hydrogen-bond donors (Lipinski definition) is 1. The van der Waals surface area contributed by atoms with E-state index in [-0.39, 0.29) is 0 Å². The second-order valence-electron chi connectivity index (χ2n) is 4.15. The van der Waals surface area contributed by atoms with Crippen molar-refractivity contribution in [2.45, 2.75) is 33.2 Å². The monoisotopic (exact) mass is 198 g/mol. The van der Waals surface area contributed by atoms with E-state index in [1.165, 1.54) is 6.42 Å². The molecule has 2 heteroatoms. The van der Waals surface area contributed by atoms with Crippen molar-refractivity contribution in [1.29, 1.82) is 0 Å². The van der Waals surface area contributed by atoms with Gasteiger partial charge in [0.25, 0.3) is 0 Å². The minimum atomic E-state index is 0.623. The fourth-order valence-corrected chi connectivity index (χ4v) is 1.84. The topological polar surface area (TPSA) is 15.3 Å². The number of hydrogen-bond acceptors (Lipinski definition) is 2. The van der Waals surface area contributed by atoms with Crippen molar-refractivity contribution in [3.63, 3.8) is 0 Å². The van der Waals surface area contributed by atoms with Crippen LogP contribution in [0.3, 0.4) is 0 Å². The van der Waals surface area contributed by atoms with E-state index < -0.39 is 0 Å². The summed E-state index contributed by atoms with van der Waals surface area (Å²) in [6.07, 6.45) is 3.21. The molecule has 2 nitrogen and oxygen atoms in total. The first-order valence-electron chi connectivity index (χ1n) is 5.66. The average molecular weight is 198 g/mol. The summed E-state index contributed by atoms with van der Waals surface area (Å²) in [5, 5.41) is 3.27. The molecule has 0 heterocycles. The van der Waals surface area contributed by atoms with Crippen LogP contribution in [0, 0.1) is 5.92 Å². The van der Waals surface area contributed by atoms with E-state index in [1.54, 1.807) is 0 Å². The third kappa shape index (κ3) is 4.77. The Morgan fingerprint density at radius 1 is 1.43 bits per heavy atom. The van der Waals surface area contributed by atoms with Gasteiger partial charge in [-0.25, -0.2) is 0 Å².